The van der Waals surface area contributed by atoms with Crippen molar-refractivity contribution in [3.63, 3.8) is 0 Å². The first-order valence-corrected chi connectivity index (χ1v) is 4.54. The van der Waals surface area contributed by atoms with E-state index in [1.54, 1.807) is 6.07 Å². The van der Waals surface area contributed by atoms with E-state index < -0.39 is 18.0 Å². The molecule has 0 N–H and O–H groups in total. The number of carbonyl (C=O) groups excluding carboxylic acids is 1. The summed E-state index contributed by atoms with van der Waals surface area (Å²) in [7, 11) is 2.24. The van der Waals surface area contributed by atoms with E-state index in [4.69, 9.17) is 10.00 Å². The molecule has 0 aromatic heterocycles. The number of carbonyl (C=O) groups is 1. The zero-order chi connectivity index (χ0) is 13.0. The smallest absolute Gasteiger partial charge is 0.338 e. The molecule has 0 aliphatic carbocycles. The van der Waals surface area contributed by atoms with Crippen molar-refractivity contribution in [1.82, 2.24) is 0 Å². The summed E-state index contributed by atoms with van der Waals surface area (Å²) in [5.74, 6) is -1.20. The number of hydrogen-bond acceptors (Lipinski definition) is 4. The van der Waals surface area contributed by atoms with Crippen LogP contribution in [-0.2, 0) is 4.74 Å². The average molecular weight is 241 g/mol. The minimum atomic E-state index is -2.94. The molecular weight excluding hydrogens is 232 g/mol. The highest BCUT2D eigenvalue weighted by molar-refractivity contribution is 5.92. The number of benzene rings is 1. The zero-order valence-electron chi connectivity index (χ0n) is 9.16. The van der Waals surface area contributed by atoms with Gasteiger partial charge in [-0.3, -0.25) is 0 Å². The van der Waals surface area contributed by atoms with Gasteiger partial charge in [0.05, 0.1) is 30.9 Å². The molecule has 0 heterocycles. The van der Waals surface area contributed by atoms with Crippen LogP contribution in [0.15, 0.2) is 12.1 Å². The van der Waals surface area contributed by atoms with Gasteiger partial charge >= 0.3 is 5.97 Å². The van der Waals surface area contributed by atoms with Crippen molar-refractivity contribution in [2.75, 3.05) is 14.2 Å². The molecule has 0 bridgehead atoms. The minimum Gasteiger partial charge on any atom is -0.495 e. The summed E-state index contributed by atoms with van der Waals surface area (Å²) in [4.78, 5) is 11.3. The number of rotatable bonds is 3. The fraction of sp³-hybridized carbons (Fsp3) is 0.273. The number of alkyl halides is 2. The maximum atomic E-state index is 12.9. The first kappa shape index (κ1) is 12.9. The Morgan fingerprint density at radius 3 is 2.47 bits per heavy atom. The number of esters is 1. The van der Waals surface area contributed by atoms with Gasteiger partial charge in [-0.25, -0.2) is 13.6 Å². The fourth-order valence-electron chi connectivity index (χ4n) is 1.41. The highest BCUT2D eigenvalue weighted by Gasteiger charge is 2.25. The average Bonchev–Trinajstić information content (AvgIpc) is 2.35. The third-order valence-corrected chi connectivity index (χ3v) is 2.14. The second kappa shape index (κ2) is 5.25. The molecule has 1 aromatic carbocycles. The van der Waals surface area contributed by atoms with Crippen molar-refractivity contribution >= 4 is 5.97 Å². The summed E-state index contributed by atoms with van der Waals surface area (Å²) in [6.45, 7) is 0. The van der Waals surface area contributed by atoms with Crippen LogP contribution in [-0.4, -0.2) is 20.2 Å². The third kappa shape index (κ3) is 2.33. The molecule has 0 radical (unpaired) electrons. The molecule has 6 heteroatoms. The first-order chi connectivity index (χ1) is 8.06. The summed E-state index contributed by atoms with van der Waals surface area (Å²) >= 11 is 0. The van der Waals surface area contributed by atoms with E-state index in [1.165, 1.54) is 6.07 Å². The molecule has 0 fully saturated rings. The molecule has 0 saturated heterocycles. The van der Waals surface area contributed by atoms with E-state index in [0.29, 0.717) is 0 Å². The highest BCUT2D eigenvalue weighted by Crippen LogP contribution is 2.35. The molecule has 4 nitrogen and oxygen atoms in total. The molecule has 0 aliphatic heterocycles. The van der Waals surface area contributed by atoms with Crippen LogP contribution in [0.25, 0.3) is 0 Å². The summed E-state index contributed by atoms with van der Waals surface area (Å²) in [5.41, 5.74) is -0.993. The van der Waals surface area contributed by atoms with Crippen molar-refractivity contribution in [1.29, 1.82) is 5.26 Å². The highest BCUT2D eigenvalue weighted by atomic mass is 19.3. The molecule has 1 aromatic rings. The molecule has 90 valence electrons. The van der Waals surface area contributed by atoms with E-state index >= 15 is 0 Å². The number of nitrogens with zero attached hydrogens (tertiary/aromatic N) is 1. The van der Waals surface area contributed by atoms with E-state index in [1.807, 2.05) is 0 Å². The van der Waals surface area contributed by atoms with Gasteiger partial charge in [0.1, 0.15) is 11.8 Å². The Bertz CT molecular complexity index is 480. The van der Waals surface area contributed by atoms with Crippen LogP contribution in [0.4, 0.5) is 8.78 Å². The van der Waals surface area contributed by atoms with Gasteiger partial charge in [-0.15, -0.1) is 0 Å². The van der Waals surface area contributed by atoms with Crippen molar-refractivity contribution in [3.05, 3.63) is 28.8 Å². The standard InChI is InChI=1S/C11H9F2NO3/c1-16-9-6(5-14)3-4-7(11(15)17-2)8(9)10(12)13/h3-4,10H,1-2H3. The Morgan fingerprint density at radius 1 is 1.41 bits per heavy atom. The van der Waals surface area contributed by atoms with E-state index in [9.17, 15) is 13.6 Å². The third-order valence-electron chi connectivity index (χ3n) is 2.14. The van der Waals surface area contributed by atoms with Crippen molar-refractivity contribution in [3.8, 4) is 11.8 Å². The Labute approximate surface area is 96.4 Å². The molecule has 0 atom stereocenters. The quantitative estimate of drug-likeness (QED) is 0.762. The lowest BCUT2D eigenvalue weighted by Crippen LogP contribution is -2.08. The molecule has 17 heavy (non-hydrogen) atoms. The molecule has 0 unspecified atom stereocenters. The van der Waals surface area contributed by atoms with Crippen LogP contribution in [0.2, 0.25) is 0 Å². The summed E-state index contributed by atoms with van der Waals surface area (Å²) in [6.07, 6.45) is -2.94. The maximum absolute atomic E-state index is 12.9. The number of methoxy groups -OCH3 is 2. The van der Waals surface area contributed by atoms with E-state index in [2.05, 4.69) is 4.74 Å². The van der Waals surface area contributed by atoms with Crippen LogP contribution in [0.1, 0.15) is 27.9 Å². The largest absolute Gasteiger partial charge is 0.495 e. The molecule has 0 saturated carbocycles. The summed E-state index contributed by atoms with van der Waals surface area (Å²) in [5, 5.41) is 8.75. The number of ether oxygens (including phenoxy) is 2. The normalized spacial score (nSPS) is 9.88. The fourth-order valence-corrected chi connectivity index (χ4v) is 1.41. The van der Waals surface area contributed by atoms with Gasteiger partial charge in [-0.1, -0.05) is 0 Å². The topological polar surface area (TPSA) is 59.3 Å². The molecule has 0 aliphatic rings. The van der Waals surface area contributed by atoms with Gasteiger partial charge in [-0.2, -0.15) is 5.26 Å². The maximum Gasteiger partial charge on any atom is 0.338 e. The van der Waals surface area contributed by atoms with Gasteiger partial charge in [0.15, 0.2) is 0 Å². The van der Waals surface area contributed by atoms with Gasteiger partial charge in [0, 0.05) is 0 Å². The Morgan fingerprint density at radius 2 is 2.06 bits per heavy atom. The lowest BCUT2D eigenvalue weighted by Gasteiger charge is -2.13. The Balaban J connectivity index is 3.54. The second-order valence-corrected chi connectivity index (χ2v) is 3.01. The molecule has 0 spiro atoms. The molecular formula is C11H9F2NO3. The van der Waals surface area contributed by atoms with Gasteiger partial charge < -0.3 is 9.47 Å². The minimum absolute atomic E-state index is 0.0598. The van der Waals surface area contributed by atoms with Crippen molar-refractivity contribution in [2.45, 2.75) is 6.43 Å². The lowest BCUT2D eigenvalue weighted by molar-refractivity contribution is 0.0588. The van der Waals surface area contributed by atoms with Crippen LogP contribution in [0, 0.1) is 11.3 Å². The Kier molecular flexibility index (Phi) is 3.99. The SMILES string of the molecule is COC(=O)c1ccc(C#N)c(OC)c1C(F)F. The van der Waals surface area contributed by atoms with Crippen LogP contribution in [0.5, 0.6) is 5.75 Å². The molecule has 0 amide bonds. The van der Waals surface area contributed by atoms with Crippen LogP contribution >= 0.6 is 0 Å². The van der Waals surface area contributed by atoms with Crippen LogP contribution < -0.4 is 4.74 Å². The first-order valence-electron chi connectivity index (χ1n) is 4.54. The predicted molar refractivity (Wildman–Crippen MR) is 54.0 cm³/mol. The van der Waals surface area contributed by atoms with E-state index in [0.717, 1.165) is 20.3 Å². The van der Waals surface area contributed by atoms with Gasteiger partial charge in [0.2, 0.25) is 0 Å². The summed E-state index contributed by atoms with van der Waals surface area (Å²) < 4.78 is 34.9. The predicted octanol–water partition coefficient (Wildman–Crippen LogP) is 2.29. The number of halogens is 2. The zero-order valence-corrected chi connectivity index (χ0v) is 9.16. The number of hydrogen-bond donors (Lipinski definition) is 0. The van der Waals surface area contributed by atoms with Crippen molar-refractivity contribution < 1.29 is 23.0 Å². The van der Waals surface area contributed by atoms with Gasteiger partial charge in [0.25, 0.3) is 6.43 Å². The molecule has 1 rings (SSSR count). The lowest BCUT2D eigenvalue weighted by atomic mass is 10.0. The van der Waals surface area contributed by atoms with Crippen LogP contribution in [0.3, 0.4) is 0 Å². The number of nitriles is 1. The van der Waals surface area contributed by atoms with Crippen molar-refractivity contribution in [2.24, 2.45) is 0 Å². The monoisotopic (exact) mass is 241 g/mol. The van der Waals surface area contributed by atoms with E-state index in [-0.39, 0.29) is 16.9 Å². The Hall–Kier alpha value is -2.16. The second-order valence-electron chi connectivity index (χ2n) is 3.01. The van der Waals surface area contributed by atoms with Gasteiger partial charge in [-0.05, 0) is 12.1 Å². The summed E-state index contributed by atoms with van der Waals surface area (Å²) in [6, 6.07) is 4.07.